The van der Waals surface area contributed by atoms with Crippen molar-refractivity contribution in [3.05, 3.63) is 29.3 Å². The van der Waals surface area contributed by atoms with Crippen LogP contribution in [0.4, 0.5) is 0 Å². The summed E-state index contributed by atoms with van der Waals surface area (Å²) in [6.45, 7) is 1.71. The van der Waals surface area contributed by atoms with Crippen LogP contribution >= 0.6 is 0 Å². The highest BCUT2D eigenvalue weighted by Crippen LogP contribution is 2.28. The maximum atomic E-state index is 11.5. The molecule has 0 spiro atoms. The van der Waals surface area contributed by atoms with Crippen LogP contribution in [0.3, 0.4) is 0 Å². The number of methoxy groups -OCH3 is 2. The minimum Gasteiger partial charge on any atom is -0.493 e. The Labute approximate surface area is 116 Å². The third-order valence-corrected chi connectivity index (χ3v) is 2.44. The molecule has 0 aromatic heterocycles. The van der Waals surface area contributed by atoms with Crippen LogP contribution in [0.25, 0.3) is 6.08 Å². The molecule has 0 atom stereocenters. The lowest BCUT2D eigenvalue weighted by Gasteiger charge is -2.08. The van der Waals surface area contributed by atoms with E-state index in [1.807, 2.05) is 0 Å². The van der Waals surface area contributed by atoms with Crippen LogP contribution in [0.2, 0.25) is 0 Å². The first-order chi connectivity index (χ1) is 9.53. The molecular weight excluding hydrogens is 264 g/mol. The zero-order valence-corrected chi connectivity index (χ0v) is 11.5. The first-order valence-electron chi connectivity index (χ1n) is 5.87. The van der Waals surface area contributed by atoms with E-state index in [4.69, 9.17) is 19.3 Å². The zero-order chi connectivity index (χ0) is 15.1. The number of hydrogen-bond donors (Lipinski definition) is 1. The smallest absolute Gasteiger partial charge is 0.345 e. The molecule has 0 unspecified atom stereocenters. The van der Waals surface area contributed by atoms with E-state index in [1.54, 1.807) is 25.1 Å². The number of carbonyl (C=O) groups excluding carboxylic acids is 1. The van der Waals surface area contributed by atoms with Gasteiger partial charge in [0.05, 0.1) is 20.8 Å². The van der Waals surface area contributed by atoms with Gasteiger partial charge in [-0.1, -0.05) is 6.07 Å². The Bertz CT molecular complexity index is 532. The minimum absolute atomic E-state index is 0.107. The molecule has 0 bridgehead atoms. The second-order valence-electron chi connectivity index (χ2n) is 3.70. The van der Waals surface area contributed by atoms with Crippen LogP contribution in [-0.2, 0) is 14.3 Å². The summed E-state index contributed by atoms with van der Waals surface area (Å²) in [6.07, 6.45) is 1.22. The van der Waals surface area contributed by atoms with Crippen molar-refractivity contribution in [1.82, 2.24) is 0 Å². The summed E-state index contributed by atoms with van der Waals surface area (Å²) in [5, 5.41) is 9.03. The lowest BCUT2D eigenvalue weighted by Crippen LogP contribution is -2.15. The fourth-order valence-electron chi connectivity index (χ4n) is 1.53. The standard InChI is InChI=1S/C14H16O6/c1-4-20-14(17)10(13(15)16)7-9-5-6-11(18-2)12(8-9)19-3/h5-8H,4H2,1-3H3,(H,15,16)/b10-7+. The van der Waals surface area contributed by atoms with Crippen molar-refractivity contribution in [3.63, 3.8) is 0 Å². The topological polar surface area (TPSA) is 82.1 Å². The summed E-state index contributed by atoms with van der Waals surface area (Å²) in [4.78, 5) is 22.6. The van der Waals surface area contributed by atoms with E-state index in [0.717, 1.165) is 0 Å². The van der Waals surface area contributed by atoms with Crippen molar-refractivity contribution < 1.29 is 28.9 Å². The Morgan fingerprint density at radius 1 is 1.20 bits per heavy atom. The highest BCUT2D eigenvalue weighted by Gasteiger charge is 2.18. The molecule has 0 heterocycles. The van der Waals surface area contributed by atoms with Crippen molar-refractivity contribution in [1.29, 1.82) is 0 Å². The Hall–Kier alpha value is -2.50. The Morgan fingerprint density at radius 3 is 2.35 bits per heavy atom. The molecule has 0 aliphatic heterocycles. The molecule has 0 saturated carbocycles. The summed E-state index contributed by atoms with van der Waals surface area (Å²) in [5.41, 5.74) is 0.0483. The maximum absolute atomic E-state index is 11.5. The molecule has 0 amide bonds. The third-order valence-electron chi connectivity index (χ3n) is 2.44. The maximum Gasteiger partial charge on any atom is 0.345 e. The molecule has 0 fully saturated rings. The highest BCUT2D eigenvalue weighted by molar-refractivity contribution is 6.17. The van der Waals surface area contributed by atoms with Crippen LogP contribution < -0.4 is 9.47 Å². The number of aliphatic carboxylic acids is 1. The second kappa shape index (κ2) is 7.18. The van der Waals surface area contributed by atoms with Gasteiger partial charge in [0.1, 0.15) is 5.57 Å². The van der Waals surface area contributed by atoms with Crippen LogP contribution in [0.1, 0.15) is 12.5 Å². The van der Waals surface area contributed by atoms with Crippen LogP contribution in [0, 0.1) is 0 Å². The summed E-state index contributed by atoms with van der Waals surface area (Å²) < 4.78 is 14.9. The molecular formula is C14H16O6. The average Bonchev–Trinajstić information content (AvgIpc) is 2.44. The Morgan fingerprint density at radius 2 is 1.85 bits per heavy atom. The van der Waals surface area contributed by atoms with E-state index in [9.17, 15) is 9.59 Å². The lowest BCUT2D eigenvalue weighted by molar-refractivity contribution is -0.143. The van der Waals surface area contributed by atoms with Gasteiger partial charge in [-0.15, -0.1) is 0 Å². The van der Waals surface area contributed by atoms with E-state index in [2.05, 4.69) is 0 Å². The van der Waals surface area contributed by atoms with Crippen molar-refractivity contribution in [2.45, 2.75) is 6.92 Å². The number of benzene rings is 1. The molecule has 0 aliphatic carbocycles. The fourth-order valence-corrected chi connectivity index (χ4v) is 1.53. The molecule has 0 radical (unpaired) electrons. The number of ether oxygens (including phenoxy) is 3. The van der Waals surface area contributed by atoms with E-state index >= 15 is 0 Å². The van der Waals surface area contributed by atoms with Crippen LogP contribution in [0.15, 0.2) is 23.8 Å². The van der Waals surface area contributed by atoms with Crippen LogP contribution in [-0.4, -0.2) is 37.9 Å². The first-order valence-corrected chi connectivity index (χ1v) is 5.87. The van der Waals surface area contributed by atoms with Crippen molar-refractivity contribution >= 4 is 18.0 Å². The fraction of sp³-hybridized carbons (Fsp3) is 0.286. The zero-order valence-electron chi connectivity index (χ0n) is 11.5. The Kier molecular flexibility index (Phi) is 5.58. The van der Waals surface area contributed by atoms with Gasteiger partial charge in [0.25, 0.3) is 0 Å². The molecule has 0 aliphatic rings. The molecule has 1 N–H and O–H groups in total. The normalized spacial score (nSPS) is 10.8. The van der Waals surface area contributed by atoms with Crippen molar-refractivity contribution in [2.75, 3.05) is 20.8 Å². The molecule has 1 aromatic carbocycles. The number of hydrogen-bond acceptors (Lipinski definition) is 5. The Balaban J connectivity index is 3.17. The number of carboxylic acids is 1. The van der Waals surface area contributed by atoms with Gasteiger partial charge in [0, 0.05) is 0 Å². The number of carboxylic acid groups (broad SMARTS) is 1. The second-order valence-corrected chi connectivity index (χ2v) is 3.70. The summed E-state index contributed by atoms with van der Waals surface area (Å²) in [6, 6.07) is 4.81. The minimum atomic E-state index is -1.35. The van der Waals surface area contributed by atoms with E-state index in [1.165, 1.54) is 20.3 Å². The van der Waals surface area contributed by atoms with Gasteiger partial charge in [-0.05, 0) is 30.7 Å². The van der Waals surface area contributed by atoms with Gasteiger partial charge in [0.2, 0.25) is 0 Å². The molecule has 108 valence electrons. The van der Waals surface area contributed by atoms with E-state index < -0.39 is 17.5 Å². The van der Waals surface area contributed by atoms with Crippen molar-refractivity contribution in [2.24, 2.45) is 0 Å². The number of esters is 1. The molecule has 20 heavy (non-hydrogen) atoms. The van der Waals surface area contributed by atoms with Gasteiger partial charge in [0.15, 0.2) is 11.5 Å². The van der Waals surface area contributed by atoms with Gasteiger partial charge in [-0.3, -0.25) is 0 Å². The highest BCUT2D eigenvalue weighted by atomic mass is 16.5. The first kappa shape index (κ1) is 15.6. The number of carbonyl (C=O) groups is 2. The quantitative estimate of drug-likeness (QED) is 0.370. The van der Waals surface area contributed by atoms with Gasteiger partial charge < -0.3 is 19.3 Å². The van der Waals surface area contributed by atoms with Crippen molar-refractivity contribution in [3.8, 4) is 11.5 Å². The molecule has 6 heteroatoms. The largest absolute Gasteiger partial charge is 0.493 e. The number of rotatable bonds is 6. The lowest BCUT2D eigenvalue weighted by atomic mass is 10.1. The average molecular weight is 280 g/mol. The van der Waals surface area contributed by atoms with Gasteiger partial charge in [-0.2, -0.15) is 0 Å². The molecule has 6 nitrogen and oxygen atoms in total. The SMILES string of the molecule is CCOC(=O)/C(=C/c1ccc(OC)c(OC)c1)C(=O)O. The molecule has 1 aromatic rings. The van der Waals surface area contributed by atoms with E-state index in [-0.39, 0.29) is 6.61 Å². The summed E-state index contributed by atoms with van der Waals surface area (Å²) in [7, 11) is 2.96. The van der Waals surface area contributed by atoms with Gasteiger partial charge in [-0.25, -0.2) is 9.59 Å². The molecule has 1 rings (SSSR count). The monoisotopic (exact) mass is 280 g/mol. The summed E-state index contributed by atoms with van der Waals surface area (Å²) >= 11 is 0. The predicted molar refractivity (Wildman–Crippen MR) is 71.8 cm³/mol. The summed E-state index contributed by atoms with van der Waals surface area (Å²) in [5.74, 6) is -1.28. The van der Waals surface area contributed by atoms with Gasteiger partial charge >= 0.3 is 11.9 Å². The van der Waals surface area contributed by atoms with E-state index in [0.29, 0.717) is 17.1 Å². The molecule has 0 saturated heterocycles. The third kappa shape index (κ3) is 3.74. The van der Waals surface area contributed by atoms with Crippen LogP contribution in [0.5, 0.6) is 11.5 Å². The predicted octanol–water partition coefficient (Wildman–Crippen LogP) is 1.73.